The van der Waals surface area contributed by atoms with E-state index in [0.29, 0.717) is 23.7 Å². The molecule has 0 atom stereocenters. The first-order chi connectivity index (χ1) is 12.7. The van der Waals surface area contributed by atoms with Crippen molar-refractivity contribution in [3.05, 3.63) is 72.1 Å². The van der Waals surface area contributed by atoms with Crippen molar-refractivity contribution >= 4 is 23.1 Å². The van der Waals surface area contributed by atoms with Gasteiger partial charge in [-0.3, -0.25) is 4.79 Å². The van der Waals surface area contributed by atoms with Crippen LogP contribution in [0.5, 0.6) is 5.75 Å². The van der Waals surface area contributed by atoms with Crippen LogP contribution in [0.1, 0.15) is 22.8 Å². The van der Waals surface area contributed by atoms with Crippen molar-refractivity contribution in [3.63, 3.8) is 0 Å². The third-order valence-electron chi connectivity index (χ3n) is 3.86. The highest BCUT2D eigenvalue weighted by molar-refractivity contribution is 5.95. The zero-order chi connectivity index (χ0) is 18.4. The molecule has 0 fully saturated rings. The van der Waals surface area contributed by atoms with Crippen molar-refractivity contribution in [3.8, 4) is 5.75 Å². The van der Waals surface area contributed by atoms with E-state index in [1.807, 2.05) is 42.5 Å². The molecule has 0 saturated carbocycles. The van der Waals surface area contributed by atoms with Gasteiger partial charge in [-0.1, -0.05) is 30.3 Å². The van der Waals surface area contributed by atoms with Gasteiger partial charge in [-0.15, -0.1) is 0 Å². The number of Topliss-reactive ketones (excluding diaryl/α,β-unsaturated/α-hetero) is 1. The molecule has 0 saturated heterocycles. The molecule has 0 aliphatic carbocycles. The third kappa shape index (κ3) is 4.36. The maximum absolute atomic E-state index is 11.5. The van der Waals surface area contributed by atoms with Crippen LogP contribution in [0.15, 0.2) is 60.9 Å². The molecule has 26 heavy (non-hydrogen) atoms. The van der Waals surface area contributed by atoms with Gasteiger partial charge in [-0.25, -0.2) is 9.97 Å². The van der Waals surface area contributed by atoms with Crippen LogP contribution in [0.4, 0.5) is 17.3 Å². The van der Waals surface area contributed by atoms with Crippen LogP contribution < -0.4 is 15.4 Å². The van der Waals surface area contributed by atoms with Gasteiger partial charge in [-0.2, -0.15) is 0 Å². The van der Waals surface area contributed by atoms with Gasteiger partial charge in [0.25, 0.3) is 0 Å². The number of nitrogens with one attached hydrogen (secondary N) is 2. The van der Waals surface area contributed by atoms with E-state index in [1.165, 1.54) is 6.33 Å². The molecular weight excluding hydrogens is 328 g/mol. The first kappa shape index (κ1) is 17.4. The Balaban J connectivity index is 1.70. The lowest BCUT2D eigenvalue weighted by atomic mass is 10.1. The minimum Gasteiger partial charge on any atom is -0.496 e. The predicted molar refractivity (Wildman–Crippen MR) is 102 cm³/mol. The molecule has 0 spiro atoms. The summed E-state index contributed by atoms with van der Waals surface area (Å²) in [5, 5.41) is 6.46. The molecule has 0 radical (unpaired) electrons. The number of ketones is 1. The Morgan fingerprint density at radius 2 is 1.85 bits per heavy atom. The molecular formula is C20H20N4O2. The predicted octanol–water partition coefficient (Wildman–Crippen LogP) is 4.04. The van der Waals surface area contributed by atoms with Crippen LogP contribution >= 0.6 is 0 Å². The zero-order valence-electron chi connectivity index (χ0n) is 14.7. The van der Waals surface area contributed by atoms with Gasteiger partial charge in [-0.05, 0) is 25.1 Å². The number of carbonyl (C=O) groups excluding carboxylic acids is 1. The zero-order valence-corrected chi connectivity index (χ0v) is 14.7. The van der Waals surface area contributed by atoms with E-state index in [0.717, 1.165) is 17.0 Å². The fourth-order valence-electron chi connectivity index (χ4n) is 2.52. The Kier molecular flexibility index (Phi) is 5.43. The molecule has 1 aromatic heterocycles. The number of anilines is 3. The lowest BCUT2D eigenvalue weighted by Gasteiger charge is -2.11. The largest absolute Gasteiger partial charge is 0.496 e. The summed E-state index contributed by atoms with van der Waals surface area (Å²) in [4.78, 5) is 20.0. The number of hydrogen-bond donors (Lipinski definition) is 2. The molecule has 132 valence electrons. The van der Waals surface area contributed by atoms with Gasteiger partial charge in [0.2, 0.25) is 0 Å². The van der Waals surface area contributed by atoms with Gasteiger partial charge in [0.05, 0.1) is 7.11 Å². The number of hydrogen-bond acceptors (Lipinski definition) is 6. The van der Waals surface area contributed by atoms with Gasteiger partial charge in [0.1, 0.15) is 23.7 Å². The topological polar surface area (TPSA) is 76.1 Å². The van der Waals surface area contributed by atoms with E-state index in [2.05, 4.69) is 20.6 Å². The molecule has 2 aromatic carbocycles. The SMILES string of the molecule is COc1ccccc1CNc1cc(Nc2cccc(C(C)=O)c2)ncn1. The Labute approximate surface area is 152 Å². The minimum atomic E-state index is 0.0236. The van der Waals surface area contributed by atoms with Crippen LogP contribution in [0.2, 0.25) is 0 Å². The summed E-state index contributed by atoms with van der Waals surface area (Å²) >= 11 is 0. The first-order valence-electron chi connectivity index (χ1n) is 8.21. The third-order valence-corrected chi connectivity index (χ3v) is 3.86. The van der Waals surface area contributed by atoms with Crippen LogP contribution in [-0.2, 0) is 6.54 Å². The number of methoxy groups -OCH3 is 1. The highest BCUT2D eigenvalue weighted by atomic mass is 16.5. The number of carbonyl (C=O) groups is 1. The monoisotopic (exact) mass is 348 g/mol. The Morgan fingerprint density at radius 1 is 1.04 bits per heavy atom. The molecule has 0 unspecified atom stereocenters. The van der Waals surface area contributed by atoms with E-state index in [9.17, 15) is 4.79 Å². The second-order valence-corrected chi connectivity index (χ2v) is 5.72. The molecule has 2 N–H and O–H groups in total. The summed E-state index contributed by atoms with van der Waals surface area (Å²) < 4.78 is 5.35. The highest BCUT2D eigenvalue weighted by Crippen LogP contribution is 2.20. The lowest BCUT2D eigenvalue weighted by molar-refractivity contribution is 0.101. The number of aromatic nitrogens is 2. The number of nitrogens with zero attached hydrogens (tertiary/aromatic N) is 2. The maximum Gasteiger partial charge on any atom is 0.159 e. The number of rotatable bonds is 7. The van der Waals surface area contributed by atoms with Crippen molar-refractivity contribution < 1.29 is 9.53 Å². The fraction of sp³-hybridized carbons (Fsp3) is 0.150. The normalized spacial score (nSPS) is 10.2. The van der Waals surface area contributed by atoms with E-state index in [-0.39, 0.29) is 5.78 Å². The molecule has 0 bridgehead atoms. The second kappa shape index (κ2) is 8.11. The van der Waals surface area contributed by atoms with E-state index in [1.54, 1.807) is 26.2 Å². The summed E-state index contributed by atoms with van der Waals surface area (Å²) in [5.41, 5.74) is 2.49. The summed E-state index contributed by atoms with van der Waals surface area (Å²) in [7, 11) is 1.65. The quantitative estimate of drug-likeness (QED) is 0.628. The average Bonchev–Trinajstić information content (AvgIpc) is 2.67. The summed E-state index contributed by atoms with van der Waals surface area (Å²) in [6.07, 6.45) is 1.49. The summed E-state index contributed by atoms with van der Waals surface area (Å²) in [6, 6.07) is 16.9. The van der Waals surface area contributed by atoms with Crippen LogP contribution in [-0.4, -0.2) is 22.9 Å². The van der Waals surface area contributed by atoms with Crippen molar-refractivity contribution in [2.24, 2.45) is 0 Å². The highest BCUT2D eigenvalue weighted by Gasteiger charge is 2.05. The van der Waals surface area contributed by atoms with Crippen LogP contribution in [0.25, 0.3) is 0 Å². The Bertz CT molecular complexity index is 912. The number of ether oxygens (including phenoxy) is 1. The number of para-hydroxylation sites is 1. The molecule has 0 aliphatic rings. The molecule has 6 nitrogen and oxygen atoms in total. The van der Waals surface area contributed by atoms with Crippen molar-refractivity contribution in [1.29, 1.82) is 0 Å². The minimum absolute atomic E-state index is 0.0236. The smallest absolute Gasteiger partial charge is 0.159 e. The Morgan fingerprint density at radius 3 is 2.65 bits per heavy atom. The summed E-state index contributed by atoms with van der Waals surface area (Å²) in [5.74, 6) is 2.18. The van der Waals surface area contributed by atoms with Crippen molar-refractivity contribution in [1.82, 2.24) is 9.97 Å². The van der Waals surface area contributed by atoms with E-state index >= 15 is 0 Å². The molecule has 3 rings (SSSR count). The fourth-order valence-corrected chi connectivity index (χ4v) is 2.52. The molecule has 6 heteroatoms. The van der Waals surface area contributed by atoms with Gasteiger partial charge in [0.15, 0.2) is 5.78 Å². The second-order valence-electron chi connectivity index (χ2n) is 5.72. The van der Waals surface area contributed by atoms with Gasteiger partial charge in [0, 0.05) is 29.4 Å². The van der Waals surface area contributed by atoms with Gasteiger partial charge >= 0.3 is 0 Å². The van der Waals surface area contributed by atoms with Crippen molar-refractivity contribution in [2.45, 2.75) is 13.5 Å². The van der Waals surface area contributed by atoms with Crippen LogP contribution in [0, 0.1) is 0 Å². The van der Waals surface area contributed by atoms with E-state index in [4.69, 9.17) is 4.74 Å². The standard InChI is InChI=1S/C20H20N4O2/c1-14(25)15-7-5-8-17(10-15)24-20-11-19(22-13-23-20)21-12-16-6-3-4-9-18(16)26-2/h3-11,13H,12H2,1-2H3,(H2,21,22,23,24). The molecule has 0 amide bonds. The average molecular weight is 348 g/mol. The molecule has 3 aromatic rings. The van der Waals surface area contributed by atoms with Crippen LogP contribution in [0.3, 0.4) is 0 Å². The number of benzene rings is 2. The van der Waals surface area contributed by atoms with Gasteiger partial charge < -0.3 is 15.4 Å². The summed E-state index contributed by atoms with van der Waals surface area (Å²) in [6.45, 7) is 2.13. The lowest BCUT2D eigenvalue weighted by Crippen LogP contribution is -2.04. The maximum atomic E-state index is 11.5. The molecule has 0 aliphatic heterocycles. The van der Waals surface area contributed by atoms with Crippen molar-refractivity contribution in [2.75, 3.05) is 17.7 Å². The first-order valence-corrected chi connectivity index (χ1v) is 8.21. The molecule has 1 heterocycles. The van der Waals surface area contributed by atoms with E-state index < -0.39 is 0 Å². The Hall–Kier alpha value is -3.41.